The molecule has 0 spiro atoms. The molecule has 7 rings (SSSR count). The van der Waals surface area contributed by atoms with E-state index in [1.807, 2.05) is 36.4 Å². The Balaban J connectivity index is 1.13. The van der Waals surface area contributed by atoms with Gasteiger partial charge in [-0.15, -0.1) is 0 Å². The SMILES string of the molecule is CCC1CN([C@H]2CC[C@@H](n3nc(-c4ccc5nc(Cc6ccccc6OC)[nH]c5c4)c4c(N)ncnc43)CC2)CCN1C(=O)O. The van der Waals surface area contributed by atoms with Gasteiger partial charge in [0.2, 0.25) is 0 Å². The van der Waals surface area contributed by atoms with Gasteiger partial charge in [0.1, 0.15) is 29.4 Å². The summed E-state index contributed by atoms with van der Waals surface area (Å²) in [6.07, 6.45) is 6.14. The van der Waals surface area contributed by atoms with Gasteiger partial charge >= 0.3 is 6.09 Å². The Morgan fingerprint density at radius 3 is 2.67 bits per heavy atom. The van der Waals surface area contributed by atoms with Crippen molar-refractivity contribution in [3.63, 3.8) is 0 Å². The lowest BCUT2D eigenvalue weighted by Gasteiger charge is -2.45. The molecule has 45 heavy (non-hydrogen) atoms. The van der Waals surface area contributed by atoms with Crippen LogP contribution in [0.1, 0.15) is 56.5 Å². The number of rotatable bonds is 7. The fourth-order valence-electron chi connectivity index (χ4n) is 7.26. The molecular weight excluding hydrogens is 570 g/mol. The van der Waals surface area contributed by atoms with Gasteiger partial charge in [-0.2, -0.15) is 5.10 Å². The first-order valence-corrected chi connectivity index (χ1v) is 15.8. The Bertz CT molecular complexity index is 1840. The molecule has 0 bridgehead atoms. The Hall–Kier alpha value is -4.71. The molecule has 4 heterocycles. The van der Waals surface area contributed by atoms with E-state index in [4.69, 9.17) is 20.6 Å². The van der Waals surface area contributed by atoms with E-state index < -0.39 is 6.09 Å². The molecule has 1 unspecified atom stereocenters. The van der Waals surface area contributed by atoms with Gasteiger partial charge in [0.25, 0.3) is 0 Å². The van der Waals surface area contributed by atoms with Crippen LogP contribution in [0.3, 0.4) is 0 Å². The predicted octanol–water partition coefficient (Wildman–Crippen LogP) is 5.11. The molecule has 5 aromatic rings. The number of benzene rings is 2. The van der Waals surface area contributed by atoms with Crippen molar-refractivity contribution in [2.75, 3.05) is 32.5 Å². The third-order valence-corrected chi connectivity index (χ3v) is 9.63. The van der Waals surface area contributed by atoms with Gasteiger partial charge in [0.05, 0.1) is 29.6 Å². The maximum atomic E-state index is 11.7. The van der Waals surface area contributed by atoms with E-state index in [1.54, 1.807) is 12.0 Å². The van der Waals surface area contributed by atoms with Gasteiger partial charge in [0.15, 0.2) is 5.65 Å². The molecule has 1 saturated heterocycles. The summed E-state index contributed by atoms with van der Waals surface area (Å²) in [4.78, 5) is 33.0. The van der Waals surface area contributed by atoms with E-state index in [-0.39, 0.29) is 12.1 Å². The number of para-hydroxylation sites is 1. The first-order valence-electron chi connectivity index (χ1n) is 15.8. The van der Waals surface area contributed by atoms with Crippen molar-refractivity contribution in [3.8, 4) is 17.0 Å². The first kappa shape index (κ1) is 29.0. The maximum Gasteiger partial charge on any atom is 0.407 e. The van der Waals surface area contributed by atoms with Crippen molar-refractivity contribution >= 4 is 34.0 Å². The monoisotopic (exact) mass is 609 g/mol. The number of anilines is 1. The second-order valence-corrected chi connectivity index (χ2v) is 12.2. The van der Waals surface area contributed by atoms with Crippen LogP contribution in [-0.4, -0.2) is 89.5 Å². The molecule has 1 amide bonds. The van der Waals surface area contributed by atoms with Crippen LogP contribution in [0.4, 0.5) is 10.6 Å². The summed E-state index contributed by atoms with van der Waals surface area (Å²) in [6.45, 7) is 4.22. The number of methoxy groups -OCH3 is 1. The molecule has 1 aliphatic heterocycles. The second kappa shape index (κ2) is 12.0. The zero-order chi connectivity index (χ0) is 31.1. The Morgan fingerprint density at radius 1 is 1.09 bits per heavy atom. The average molecular weight is 610 g/mol. The van der Waals surface area contributed by atoms with Crippen molar-refractivity contribution < 1.29 is 14.6 Å². The molecule has 12 nitrogen and oxygen atoms in total. The Labute approximate surface area is 261 Å². The fourth-order valence-corrected chi connectivity index (χ4v) is 7.26. The number of nitrogens with zero attached hydrogens (tertiary/aromatic N) is 7. The number of imidazole rings is 1. The molecular formula is C33H39N9O3. The summed E-state index contributed by atoms with van der Waals surface area (Å²) in [7, 11) is 1.68. The van der Waals surface area contributed by atoms with Crippen LogP contribution in [0, 0.1) is 0 Å². The minimum atomic E-state index is -0.812. The molecule has 4 N–H and O–H groups in total. The lowest BCUT2D eigenvalue weighted by atomic mass is 9.89. The van der Waals surface area contributed by atoms with Gasteiger partial charge < -0.3 is 25.5 Å². The molecule has 3 aromatic heterocycles. The lowest BCUT2D eigenvalue weighted by Crippen LogP contribution is -2.57. The first-order chi connectivity index (χ1) is 21.9. The molecule has 2 fully saturated rings. The van der Waals surface area contributed by atoms with Gasteiger partial charge in [-0.1, -0.05) is 31.2 Å². The topological polar surface area (TPSA) is 151 Å². The largest absolute Gasteiger partial charge is 0.496 e. The van der Waals surface area contributed by atoms with Crippen molar-refractivity contribution in [2.24, 2.45) is 0 Å². The highest BCUT2D eigenvalue weighted by Gasteiger charge is 2.35. The third kappa shape index (κ3) is 5.43. The van der Waals surface area contributed by atoms with Gasteiger partial charge in [0, 0.05) is 49.3 Å². The van der Waals surface area contributed by atoms with Crippen LogP contribution in [-0.2, 0) is 6.42 Å². The minimum absolute atomic E-state index is 0.0516. The summed E-state index contributed by atoms with van der Waals surface area (Å²) < 4.78 is 7.59. The van der Waals surface area contributed by atoms with E-state index in [2.05, 4.69) is 37.5 Å². The smallest absolute Gasteiger partial charge is 0.407 e. The average Bonchev–Trinajstić information content (AvgIpc) is 3.66. The highest BCUT2D eigenvalue weighted by molar-refractivity contribution is 5.99. The number of H-pyrrole nitrogens is 1. The number of aromatic nitrogens is 6. The van der Waals surface area contributed by atoms with Crippen LogP contribution >= 0.6 is 0 Å². The van der Waals surface area contributed by atoms with Gasteiger partial charge in [-0.05, 0) is 50.3 Å². The number of nitrogen functional groups attached to an aromatic ring is 1. The molecule has 1 saturated carbocycles. The summed E-state index contributed by atoms with van der Waals surface area (Å²) >= 11 is 0. The van der Waals surface area contributed by atoms with Crippen LogP contribution < -0.4 is 10.5 Å². The van der Waals surface area contributed by atoms with E-state index in [0.29, 0.717) is 24.8 Å². The van der Waals surface area contributed by atoms with Crippen molar-refractivity contribution in [1.29, 1.82) is 0 Å². The van der Waals surface area contributed by atoms with E-state index >= 15 is 0 Å². The summed E-state index contributed by atoms with van der Waals surface area (Å²) in [5.74, 6) is 2.11. The maximum absolute atomic E-state index is 11.7. The number of hydrogen-bond acceptors (Lipinski definition) is 8. The van der Waals surface area contributed by atoms with Crippen molar-refractivity contribution in [2.45, 2.75) is 63.6 Å². The highest BCUT2D eigenvalue weighted by atomic mass is 16.5. The molecule has 12 heteroatoms. The molecule has 234 valence electrons. The van der Waals surface area contributed by atoms with Gasteiger partial charge in [-0.25, -0.2) is 24.4 Å². The zero-order valence-corrected chi connectivity index (χ0v) is 25.7. The molecule has 1 atom stereocenters. The van der Waals surface area contributed by atoms with Crippen LogP contribution in [0.15, 0.2) is 48.8 Å². The summed E-state index contributed by atoms with van der Waals surface area (Å²) in [5.41, 5.74) is 11.8. The molecule has 0 radical (unpaired) electrons. The quantitative estimate of drug-likeness (QED) is 0.229. The number of nitrogens with two attached hydrogens (primary N) is 1. The number of nitrogens with one attached hydrogen (secondary N) is 1. The number of carbonyl (C=O) groups is 1. The standard InChI is InChI=1S/C33H39N9O3/c1-3-22-18-40(14-15-41(22)33(43)44)23-9-11-24(12-10-23)42-32-29(31(34)35-19-36-32)30(39-42)21-8-13-25-26(16-21)38-28(37-25)17-20-6-4-5-7-27(20)45-2/h4-8,13,16,19,22-24H,3,9-12,14-15,17-18H2,1-2H3,(H,37,38)(H,43,44)(H2,34,35,36)/t22?,23-,24+. The van der Waals surface area contributed by atoms with Crippen molar-refractivity contribution in [1.82, 2.24) is 39.5 Å². The number of amides is 1. The third-order valence-electron chi connectivity index (χ3n) is 9.63. The summed E-state index contributed by atoms with van der Waals surface area (Å²) in [5, 5.41) is 15.5. The van der Waals surface area contributed by atoms with Crippen LogP contribution in [0.5, 0.6) is 5.75 Å². The molecule has 2 aliphatic rings. The number of carboxylic acid groups (broad SMARTS) is 1. The molecule has 2 aromatic carbocycles. The van der Waals surface area contributed by atoms with Crippen LogP contribution in [0.25, 0.3) is 33.3 Å². The van der Waals surface area contributed by atoms with E-state index in [9.17, 15) is 9.90 Å². The number of fused-ring (bicyclic) bond motifs is 2. The second-order valence-electron chi connectivity index (χ2n) is 12.2. The summed E-state index contributed by atoms with van der Waals surface area (Å²) in [6, 6.07) is 14.8. The Morgan fingerprint density at radius 2 is 1.89 bits per heavy atom. The lowest BCUT2D eigenvalue weighted by molar-refractivity contribution is 0.0329. The number of ether oxygens (including phenoxy) is 1. The van der Waals surface area contributed by atoms with Gasteiger partial charge in [-0.3, -0.25) is 4.90 Å². The van der Waals surface area contributed by atoms with E-state index in [0.717, 1.165) is 95.7 Å². The van der Waals surface area contributed by atoms with Crippen molar-refractivity contribution in [3.05, 3.63) is 60.2 Å². The number of aromatic amines is 1. The number of hydrogen-bond donors (Lipinski definition) is 3. The fraction of sp³-hybridized carbons (Fsp3) is 0.424. The predicted molar refractivity (Wildman–Crippen MR) is 172 cm³/mol. The minimum Gasteiger partial charge on any atom is -0.496 e. The van der Waals surface area contributed by atoms with E-state index in [1.165, 1.54) is 6.33 Å². The highest BCUT2D eigenvalue weighted by Crippen LogP contribution is 2.38. The number of piperazine rings is 1. The zero-order valence-electron chi connectivity index (χ0n) is 25.7. The van der Waals surface area contributed by atoms with Crippen LogP contribution in [0.2, 0.25) is 0 Å². The molecule has 1 aliphatic carbocycles. The normalized spacial score (nSPS) is 21.0. The Kier molecular flexibility index (Phi) is 7.74.